The van der Waals surface area contributed by atoms with Gasteiger partial charge in [-0.25, -0.2) is 8.42 Å². The van der Waals surface area contributed by atoms with Crippen LogP contribution in [0.2, 0.25) is 0 Å². The number of sulfone groups is 1. The van der Waals surface area contributed by atoms with Crippen LogP contribution in [-0.4, -0.2) is 47.5 Å². The van der Waals surface area contributed by atoms with Gasteiger partial charge in [0.1, 0.15) is 0 Å². The zero-order valence-electron chi connectivity index (χ0n) is 16.3. The van der Waals surface area contributed by atoms with Gasteiger partial charge in [-0.2, -0.15) is 4.68 Å². The van der Waals surface area contributed by atoms with Crippen LogP contribution in [0.5, 0.6) is 0 Å². The summed E-state index contributed by atoms with van der Waals surface area (Å²) in [5.41, 5.74) is 0.623. The lowest BCUT2D eigenvalue weighted by molar-refractivity contribution is -0.140. The summed E-state index contributed by atoms with van der Waals surface area (Å²) in [4.78, 5) is 11.0. The van der Waals surface area contributed by atoms with Crippen molar-refractivity contribution >= 4 is 15.8 Å². The van der Waals surface area contributed by atoms with Crippen LogP contribution in [0.25, 0.3) is 5.69 Å². The number of unbranched alkanes of at least 4 members (excludes halogenated alkanes) is 7. The Balaban J connectivity index is 1.66. The van der Waals surface area contributed by atoms with Crippen molar-refractivity contribution in [2.24, 2.45) is 0 Å². The Bertz CT molecular complexity index is 821. The molecule has 1 aromatic heterocycles. The maximum absolute atomic E-state index is 12.6. The number of esters is 1. The number of rotatable bonds is 13. The second-order valence-corrected chi connectivity index (χ2v) is 8.69. The number of nitrogens with zero attached hydrogens (tertiary/aromatic N) is 4. The second-order valence-electron chi connectivity index (χ2n) is 6.68. The normalized spacial score (nSPS) is 11.5. The minimum absolute atomic E-state index is 0.0410. The Morgan fingerprint density at radius 1 is 0.964 bits per heavy atom. The molecule has 2 aromatic rings. The smallest absolute Gasteiger partial charge is 0.305 e. The molecule has 0 N–H and O–H groups in total. The van der Waals surface area contributed by atoms with E-state index in [1.54, 1.807) is 12.1 Å². The van der Waals surface area contributed by atoms with Gasteiger partial charge in [0.15, 0.2) is 0 Å². The number of ether oxygens (including phenoxy) is 1. The van der Waals surface area contributed by atoms with Gasteiger partial charge >= 0.3 is 5.97 Å². The van der Waals surface area contributed by atoms with Crippen LogP contribution in [0.1, 0.15) is 57.8 Å². The van der Waals surface area contributed by atoms with Crippen molar-refractivity contribution in [3.05, 3.63) is 30.3 Å². The number of methoxy groups -OCH3 is 1. The van der Waals surface area contributed by atoms with Crippen LogP contribution in [0.3, 0.4) is 0 Å². The lowest BCUT2D eigenvalue weighted by Gasteiger charge is -2.06. The fourth-order valence-corrected chi connectivity index (χ4v) is 4.25. The molecule has 0 aliphatic rings. The summed E-state index contributed by atoms with van der Waals surface area (Å²) in [6, 6.07) is 8.99. The highest BCUT2D eigenvalue weighted by atomic mass is 32.2. The molecule has 0 radical (unpaired) electrons. The van der Waals surface area contributed by atoms with Gasteiger partial charge in [-0.15, -0.1) is 0 Å². The molecule has 0 spiro atoms. The first kappa shape index (κ1) is 22.0. The Morgan fingerprint density at radius 2 is 1.57 bits per heavy atom. The summed E-state index contributed by atoms with van der Waals surface area (Å²) >= 11 is 0. The monoisotopic (exact) mass is 408 g/mol. The molecule has 0 bridgehead atoms. The van der Waals surface area contributed by atoms with Crippen molar-refractivity contribution < 1.29 is 17.9 Å². The Morgan fingerprint density at radius 3 is 2.21 bits per heavy atom. The van der Waals surface area contributed by atoms with Gasteiger partial charge < -0.3 is 4.74 Å². The Labute approximate surface area is 166 Å². The van der Waals surface area contributed by atoms with Crippen molar-refractivity contribution in [3.8, 4) is 5.69 Å². The number of hydrogen-bond donors (Lipinski definition) is 0. The number of tetrazole rings is 1. The predicted molar refractivity (Wildman–Crippen MR) is 105 cm³/mol. The molecule has 2 rings (SSSR count). The van der Waals surface area contributed by atoms with Crippen LogP contribution in [0.15, 0.2) is 35.5 Å². The molecule has 0 saturated heterocycles. The minimum atomic E-state index is -3.53. The third-order valence-electron chi connectivity index (χ3n) is 4.49. The van der Waals surface area contributed by atoms with E-state index in [-0.39, 0.29) is 16.9 Å². The number of hydrogen-bond acceptors (Lipinski definition) is 7. The zero-order chi connectivity index (χ0) is 20.2. The fourth-order valence-electron chi connectivity index (χ4n) is 2.92. The summed E-state index contributed by atoms with van der Waals surface area (Å²) in [5, 5.41) is 11.0. The van der Waals surface area contributed by atoms with Crippen molar-refractivity contribution in [1.82, 2.24) is 20.2 Å². The van der Waals surface area contributed by atoms with Crippen LogP contribution in [0, 0.1) is 0 Å². The number of para-hydroxylation sites is 1. The number of carbonyl (C=O) groups excluding carboxylic acids is 1. The zero-order valence-corrected chi connectivity index (χ0v) is 17.1. The summed E-state index contributed by atoms with van der Waals surface area (Å²) in [6.07, 6.45) is 8.06. The molecule has 28 heavy (non-hydrogen) atoms. The van der Waals surface area contributed by atoms with Crippen LogP contribution < -0.4 is 0 Å². The van der Waals surface area contributed by atoms with Gasteiger partial charge in [0.05, 0.1) is 18.6 Å². The standard InChI is InChI=1S/C19H28N4O4S/c1-27-18(24)15-11-6-4-2-3-5-7-12-16-28(25,26)19-20-21-22-23(19)17-13-9-8-10-14-17/h8-10,13-14H,2-7,11-12,15-16H2,1H3. The fraction of sp³-hybridized carbons (Fsp3) is 0.579. The van der Waals surface area contributed by atoms with E-state index in [4.69, 9.17) is 0 Å². The first-order chi connectivity index (χ1) is 13.5. The predicted octanol–water partition coefficient (Wildman–Crippen LogP) is 3.12. The molecule has 0 unspecified atom stereocenters. The number of carbonyl (C=O) groups is 1. The highest BCUT2D eigenvalue weighted by molar-refractivity contribution is 7.91. The molecular formula is C19H28N4O4S. The van der Waals surface area contributed by atoms with E-state index in [0.717, 1.165) is 44.9 Å². The van der Waals surface area contributed by atoms with Gasteiger partial charge in [-0.05, 0) is 35.4 Å². The highest BCUT2D eigenvalue weighted by Crippen LogP contribution is 2.15. The van der Waals surface area contributed by atoms with E-state index in [0.29, 0.717) is 18.5 Å². The van der Waals surface area contributed by atoms with Gasteiger partial charge in [-0.3, -0.25) is 4.79 Å². The van der Waals surface area contributed by atoms with Gasteiger partial charge in [-0.1, -0.05) is 61.8 Å². The van der Waals surface area contributed by atoms with Gasteiger partial charge in [0, 0.05) is 6.42 Å². The molecule has 0 amide bonds. The molecule has 0 atom stereocenters. The molecule has 0 aliphatic heterocycles. The SMILES string of the molecule is COC(=O)CCCCCCCCCCS(=O)(=O)c1nnnn1-c1ccccc1. The highest BCUT2D eigenvalue weighted by Gasteiger charge is 2.23. The first-order valence-electron chi connectivity index (χ1n) is 9.68. The quantitative estimate of drug-likeness (QED) is 0.370. The molecule has 9 heteroatoms. The summed E-state index contributed by atoms with van der Waals surface area (Å²) in [7, 11) is -2.12. The maximum Gasteiger partial charge on any atom is 0.305 e. The van der Waals surface area contributed by atoms with Crippen molar-refractivity contribution in [3.63, 3.8) is 0 Å². The van der Waals surface area contributed by atoms with Crippen LogP contribution >= 0.6 is 0 Å². The average molecular weight is 409 g/mol. The van der Waals surface area contributed by atoms with Crippen molar-refractivity contribution in [1.29, 1.82) is 0 Å². The maximum atomic E-state index is 12.6. The van der Waals surface area contributed by atoms with Crippen molar-refractivity contribution in [2.45, 2.75) is 62.9 Å². The number of aromatic nitrogens is 4. The lowest BCUT2D eigenvalue weighted by Crippen LogP contribution is -2.14. The molecule has 154 valence electrons. The third kappa shape index (κ3) is 7.03. The molecular weight excluding hydrogens is 380 g/mol. The summed E-state index contributed by atoms with van der Waals surface area (Å²) < 4.78 is 31.0. The molecule has 0 aliphatic carbocycles. The average Bonchev–Trinajstić information content (AvgIpc) is 3.21. The molecule has 8 nitrogen and oxygen atoms in total. The first-order valence-corrected chi connectivity index (χ1v) is 11.3. The molecule has 0 fully saturated rings. The largest absolute Gasteiger partial charge is 0.469 e. The van der Waals surface area contributed by atoms with E-state index in [9.17, 15) is 13.2 Å². The summed E-state index contributed by atoms with van der Waals surface area (Å²) in [6.45, 7) is 0. The van der Waals surface area contributed by atoms with E-state index in [2.05, 4.69) is 20.3 Å². The van der Waals surface area contributed by atoms with E-state index in [1.807, 2.05) is 18.2 Å². The topological polar surface area (TPSA) is 104 Å². The lowest BCUT2D eigenvalue weighted by atomic mass is 10.1. The van der Waals surface area contributed by atoms with E-state index < -0.39 is 9.84 Å². The molecule has 0 saturated carbocycles. The van der Waals surface area contributed by atoms with Crippen LogP contribution in [-0.2, 0) is 19.4 Å². The van der Waals surface area contributed by atoms with Gasteiger partial charge in [0.25, 0.3) is 5.16 Å². The Kier molecular flexibility index (Phi) is 9.06. The third-order valence-corrected chi connectivity index (χ3v) is 6.13. The van der Waals surface area contributed by atoms with E-state index in [1.165, 1.54) is 11.8 Å². The minimum Gasteiger partial charge on any atom is -0.469 e. The van der Waals surface area contributed by atoms with Gasteiger partial charge in [0.2, 0.25) is 9.84 Å². The molecule has 1 heterocycles. The van der Waals surface area contributed by atoms with Crippen molar-refractivity contribution in [2.75, 3.05) is 12.9 Å². The van der Waals surface area contributed by atoms with E-state index >= 15 is 0 Å². The summed E-state index contributed by atoms with van der Waals surface area (Å²) in [5.74, 6) is -0.112. The molecule has 1 aromatic carbocycles. The second kappa shape index (κ2) is 11.5. The number of benzene rings is 1. The van der Waals surface area contributed by atoms with Crippen LogP contribution in [0.4, 0.5) is 0 Å². The Hall–Kier alpha value is -2.29.